The highest BCUT2D eigenvalue weighted by molar-refractivity contribution is 5.88. The van der Waals surface area contributed by atoms with Crippen molar-refractivity contribution in [2.45, 2.75) is 25.3 Å². The van der Waals surface area contributed by atoms with E-state index in [0.29, 0.717) is 12.1 Å². The average Bonchev–Trinajstić information content (AvgIpc) is 3.05. The van der Waals surface area contributed by atoms with Gasteiger partial charge in [0.2, 0.25) is 5.91 Å². The highest BCUT2D eigenvalue weighted by Gasteiger charge is 2.30. The van der Waals surface area contributed by atoms with Gasteiger partial charge in [-0.1, -0.05) is 24.3 Å². The monoisotopic (exact) mass is 327 g/mol. The molecule has 0 aliphatic carbocycles. The first-order valence-electron chi connectivity index (χ1n) is 7.92. The van der Waals surface area contributed by atoms with Crippen molar-refractivity contribution in [3.8, 4) is 0 Å². The highest BCUT2D eigenvalue weighted by Crippen LogP contribution is 2.32. The minimum absolute atomic E-state index is 0.0655. The third-order valence-electron chi connectivity index (χ3n) is 4.34. The van der Waals surface area contributed by atoms with Crippen LogP contribution in [0.2, 0.25) is 0 Å². The van der Waals surface area contributed by atoms with Crippen LogP contribution in [-0.4, -0.2) is 28.4 Å². The zero-order valence-electron chi connectivity index (χ0n) is 13.1. The van der Waals surface area contributed by atoms with E-state index in [0.717, 1.165) is 18.4 Å². The van der Waals surface area contributed by atoms with E-state index in [1.54, 1.807) is 23.1 Å². The van der Waals surface area contributed by atoms with Gasteiger partial charge in [0.15, 0.2) is 0 Å². The van der Waals surface area contributed by atoms with Gasteiger partial charge in [-0.25, -0.2) is 9.18 Å². The topological polar surface area (TPSA) is 57.6 Å². The Labute approximate surface area is 139 Å². The lowest BCUT2D eigenvalue weighted by Crippen LogP contribution is -2.31. The van der Waals surface area contributed by atoms with E-state index in [-0.39, 0.29) is 29.8 Å². The number of carboxylic acids is 1. The summed E-state index contributed by atoms with van der Waals surface area (Å²) >= 11 is 0. The van der Waals surface area contributed by atoms with E-state index in [9.17, 15) is 14.0 Å². The van der Waals surface area contributed by atoms with Gasteiger partial charge >= 0.3 is 5.97 Å². The summed E-state index contributed by atoms with van der Waals surface area (Å²) in [5.74, 6) is -1.38. The summed E-state index contributed by atoms with van der Waals surface area (Å²) in [5.41, 5.74) is 1.65. The summed E-state index contributed by atoms with van der Waals surface area (Å²) in [4.78, 5) is 25.4. The zero-order chi connectivity index (χ0) is 17.1. The lowest BCUT2D eigenvalue weighted by Gasteiger charge is -2.25. The van der Waals surface area contributed by atoms with E-state index in [1.165, 1.54) is 24.3 Å². The molecule has 0 bridgehead atoms. The summed E-state index contributed by atoms with van der Waals surface area (Å²) in [6, 6.07) is 12.7. The molecule has 0 spiro atoms. The molecule has 1 amide bonds. The molecule has 5 heteroatoms. The van der Waals surface area contributed by atoms with Crippen molar-refractivity contribution in [1.82, 2.24) is 4.90 Å². The lowest BCUT2D eigenvalue weighted by atomic mass is 10.0. The Kier molecular flexibility index (Phi) is 4.60. The van der Waals surface area contributed by atoms with E-state index in [1.807, 2.05) is 6.07 Å². The van der Waals surface area contributed by atoms with Crippen molar-refractivity contribution in [1.29, 1.82) is 0 Å². The summed E-state index contributed by atoms with van der Waals surface area (Å²) in [6.45, 7) is 0.638. The third-order valence-corrected chi connectivity index (χ3v) is 4.34. The van der Waals surface area contributed by atoms with Crippen molar-refractivity contribution in [2.75, 3.05) is 6.54 Å². The van der Waals surface area contributed by atoms with Crippen molar-refractivity contribution < 1.29 is 19.1 Å². The molecule has 4 nitrogen and oxygen atoms in total. The van der Waals surface area contributed by atoms with Crippen LogP contribution < -0.4 is 0 Å². The Morgan fingerprint density at radius 1 is 1.17 bits per heavy atom. The van der Waals surface area contributed by atoms with Gasteiger partial charge in [-0.2, -0.15) is 0 Å². The maximum absolute atomic E-state index is 13.5. The van der Waals surface area contributed by atoms with Gasteiger partial charge in [0, 0.05) is 6.54 Å². The van der Waals surface area contributed by atoms with Crippen LogP contribution in [0.1, 0.15) is 40.4 Å². The van der Waals surface area contributed by atoms with Crippen LogP contribution >= 0.6 is 0 Å². The zero-order valence-corrected chi connectivity index (χ0v) is 13.1. The van der Waals surface area contributed by atoms with Gasteiger partial charge < -0.3 is 10.0 Å². The number of amides is 1. The first kappa shape index (κ1) is 16.2. The quantitative estimate of drug-likeness (QED) is 0.936. The molecule has 0 saturated carbocycles. The molecular weight excluding hydrogens is 309 g/mol. The molecule has 3 rings (SSSR count). The van der Waals surface area contributed by atoms with Crippen LogP contribution in [0.3, 0.4) is 0 Å². The Hall–Kier alpha value is -2.69. The molecule has 1 N–H and O–H groups in total. The van der Waals surface area contributed by atoms with Gasteiger partial charge in [-0.05, 0) is 48.2 Å². The molecule has 1 unspecified atom stereocenters. The van der Waals surface area contributed by atoms with E-state index in [4.69, 9.17) is 5.11 Å². The minimum atomic E-state index is -1.01. The van der Waals surface area contributed by atoms with Gasteiger partial charge in [0.25, 0.3) is 0 Å². The Bertz CT molecular complexity index is 775. The number of halogens is 1. The fraction of sp³-hybridized carbons (Fsp3) is 0.263. The first-order valence-corrected chi connectivity index (χ1v) is 7.92. The molecule has 1 atom stereocenters. The summed E-state index contributed by atoms with van der Waals surface area (Å²) < 4.78 is 13.5. The molecule has 2 aromatic rings. The van der Waals surface area contributed by atoms with Gasteiger partial charge in [-0.3, -0.25) is 4.79 Å². The van der Waals surface area contributed by atoms with Crippen molar-refractivity contribution in [3.63, 3.8) is 0 Å². The Morgan fingerprint density at radius 3 is 2.71 bits per heavy atom. The largest absolute Gasteiger partial charge is 0.478 e. The van der Waals surface area contributed by atoms with Crippen LogP contribution in [0.25, 0.3) is 0 Å². The number of nitrogens with zero attached hydrogens (tertiary/aromatic N) is 1. The van der Waals surface area contributed by atoms with Crippen LogP contribution in [0, 0.1) is 5.82 Å². The van der Waals surface area contributed by atoms with Crippen LogP contribution in [-0.2, 0) is 11.2 Å². The molecule has 0 aromatic heterocycles. The average molecular weight is 327 g/mol. The fourth-order valence-electron chi connectivity index (χ4n) is 3.22. The number of rotatable bonds is 4. The maximum Gasteiger partial charge on any atom is 0.335 e. The molecule has 0 radical (unpaired) electrons. The SMILES string of the molecule is O=C(O)c1cccc(CC(=O)N2CCCC2c2cccc(F)c2)c1. The fourth-order valence-corrected chi connectivity index (χ4v) is 3.22. The van der Waals surface area contributed by atoms with Crippen LogP contribution in [0.4, 0.5) is 4.39 Å². The van der Waals surface area contributed by atoms with Crippen LogP contribution in [0.5, 0.6) is 0 Å². The minimum Gasteiger partial charge on any atom is -0.478 e. The normalized spacial score (nSPS) is 17.0. The van der Waals surface area contributed by atoms with Crippen molar-refractivity contribution >= 4 is 11.9 Å². The molecule has 1 fully saturated rings. The lowest BCUT2D eigenvalue weighted by molar-refractivity contribution is -0.131. The van der Waals surface area contributed by atoms with Crippen LogP contribution in [0.15, 0.2) is 48.5 Å². The number of hydrogen-bond donors (Lipinski definition) is 1. The van der Waals surface area contributed by atoms with Gasteiger partial charge in [0.1, 0.15) is 5.82 Å². The number of hydrogen-bond acceptors (Lipinski definition) is 2. The summed E-state index contributed by atoms with van der Waals surface area (Å²) in [6.07, 6.45) is 1.83. The van der Waals surface area contributed by atoms with Crippen molar-refractivity contribution in [2.24, 2.45) is 0 Å². The van der Waals surface area contributed by atoms with Crippen molar-refractivity contribution in [3.05, 3.63) is 71.0 Å². The van der Waals surface area contributed by atoms with E-state index < -0.39 is 5.97 Å². The highest BCUT2D eigenvalue weighted by atomic mass is 19.1. The molecule has 1 aliphatic rings. The summed E-state index contributed by atoms with van der Waals surface area (Å²) in [7, 11) is 0. The third kappa shape index (κ3) is 3.45. The number of carbonyl (C=O) groups excluding carboxylic acids is 1. The second kappa shape index (κ2) is 6.83. The number of aromatic carboxylic acids is 1. The second-order valence-corrected chi connectivity index (χ2v) is 5.98. The number of benzene rings is 2. The summed E-state index contributed by atoms with van der Waals surface area (Å²) in [5, 5.41) is 9.04. The smallest absolute Gasteiger partial charge is 0.335 e. The van der Waals surface area contributed by atoms with Gasteiger partial charge in [-0.15, -0.1) is 0 Å². The molecule has 1 aliphatic heterocycles. The molecule has 1 heterocycles. The molecule has 124 valence electrons. The Balaban J connectivity index is 1.76. The number of carboxylic acid groups (broad SMARTS) is 1. The van der Waals surface area contributed by atoms with E-state index in [2.05, 4.69) is 0 Å². The molecule has 2 aromatic carbocycles. The number of carbonyl (C=O) groups is 2. The Morgan fingerprint density at radius 2 is 1.96 bits per heavy atom. The standard InChI is InChI=1S/C19H18FNO3/c20-16-7-2-5-14(12-16)17-8-3-9-21(17)18(22)11-13-4-1-6-15(10-13)19(23)24/h1-2,4-7,10,12,17H,3,8-9,11H2,(H,23,24). The van der Waals surface area contributed by atoms with E-state index >= 15 is 0 Å². The molecule has 1 saturated heterocycles. The first-order chi connectivity index (χ1) is 11.5. The van der Waals surface area contributed by atoms with Gasteiger partial charge in [0.05, 0.1) is 18.0 Å². The second-order valence-electron chi connectivity index (χ2n) is 5.98. The maximum atomic E-state index is 13.5. The molecular formula is C19H18FNO3. The number of likely N-dealkylation sites (tertiary alicyclic amines) is 1. The predicted molar refractivity (Wildman–Crippen MR) is 87.2 cm³/mol. The predicted octanol–water partition coefficient (Wildman–Crippen LogP) is 3.43. The molecule has 24 heavy (non-hydrogen) atoms.